The molecule has 0 aliphatic heterocycles. The van der Waals surface area contributed by atoms with E-state index in [1.54, 1.807) is 37.2 Å². The van der Waals surface area contributed by atoms with Crippen LogP contribution in [-0.2, 0) is 6.54 Å². The van der Waals surface area contributed by atoms with Gasteiger partial charge in [-0.15, -0.1) is 0 Å². The van der Waals surface area contributed by atoms with E-state index in [2.05, 4.69) is 21.2 Å². The Morgan fingerprint density at radius 1 is 1.19 bits per heavy atom. The molecule has 0 fully saturated rings. The van der Waals surface area contributed by atoms with Crippen molar-refractivity contribution in [3.05, 3.63) is 63.1 Å². The number of amides is 1. The molecular formula is C16H16BrClN2O. The van der Waals surface area contributed by atoms with E-state index in [1.807, 2.05) is 24.3 Å². The van der Waals surface area contributed by atoms with Gasteiger partial charge in [-0.1, -0.05) is 39.7 Å². The van der Waals surface area contributed by atoms with Crippen LogP contribution in [0.5, 0.6) is 0 Å². The number of nitrogens with zero attached hydrogens (tertiary/aromatic N) is 1. The minimum Gasteiger partial charge on any atom is -0.380 e. The molecule has 0 bridgehead atoms. The highest BCUT2D eigenvalue weighted by Gasteiger charge is 2.10. The Balaban J connectivity index is 2.14. The van der Waals surface area contributed by atoms with Gasteiger partial charge in [-0.25, -0.2) is 0 Å². The Morgan fingerprint density at radius 3 is 2.48 bits per heavy atom. The van der Waals surface area contributed by atoms with Gasteiger partial charge in [0.15, 0.2) is 0 Å². The van der Waals surface area contributed by atoms with Crippen molar-refractivity contribution in [1.82, 2.24) is 4.90 Å². The van der Waals surface area contributed by atoms with Crippen LogP contribution in [0.4, 0.5) is 5.69 Å². The highest BCUT2D eigenvalue weighted by Crippen LogP contribution is 2.24. The van der Waals surface area contributed by atoms with Gasteiger partial charge in [-0.2, -0.15) is 0 Å². The number of benzene rings is 2. The molecule has 0 atom stereocenters. The lowest BCUT2D eigenvalue weighted by molar-refractivity contribution is 0.0827. The third-order valence-corrected chi connectivity index (χ3v) is 3.87. The summed E-state index contributed by atoms with van der Waals surface area (Å²) in [5, 5.41) is 3.86. The second-order valence-electron chi connectivity index (χ2n) is 4.87. The van der Waals surface area contributed by atoms with Crippen molar-refractivity contribution in [2.45, 2.75) is 6.54 Å². The Bertz CT molecular complexity index is 641. The number of halogens is 2. The molecule has 0 spiro atoms. The van der Waals surface area contributed by atoms with Crippen LogP contribution in [0.25, 0.3) is 0 Å². The third-order valence-electron chi connectivity index (χ3n) is 3.02. The third kappa shape index (κ3) is 4.22. The minimum absolute atomic E-state index is 0.0432. The molecule has 0 saturated carbocycles. The first kappa shape index (κ1) is 15.9. The van der Waals surface area contributed by atoms with E-state index in [0.717, 1.165) is 15.7 Å². The largest absolute Gasteiger partial charge is 0.380 e. The summed E-state index contributed by atoms with van der Waals surface area (Å²) in [5.41, 5.74) is 2.51. The van der Waals surface area contributed by atoms with Crippen molar-refractivity contribution in [2.75, 3.05) is 19.4 Å². The topological polar surface area (TPSA) is 32.3 Å². The summed E-state index contributed by atoms with van der Waals surface area (Å²) in [6, 6.07) is 13.3. The number of hydrogen-bond donors (Lipinski definition) is 1. The Labute approximate surface area is 138 Å². The standard InChI is InChI=1S/C16H16BrClN2O/c1-20(2)16(21)12-5-8-14(18)15(9-12)19-10-11-3-6-13(17)7-4-11/h3-9,19H,10H2,1-2H3. The van der Waals surface area contributed by atoms with E-state index < -0.39 is 0 Å². The van der Waals surface area contributed by atoms with Crippen LogP contribution in [0.15, 0.2) is 46.9 Å². The van der Waals surface area contributed by atoms with Gasteiger partial charge in [0.05, 0.1) is 10.7 Å². The summed E-state index contributed by atoms with van der Waals surface area (Å²) in [7, 11) is 3.46. The number of hydrogen-bond acceptors (Lipinski definition) is 2. The molecule has 110 valence electrons. The molecular weight excluding hydrogens is 352 g/mol. The van der Waals surface area contributed by atoms with Crippen LogP contribution < -0.4 is 5.32 Å². The van der Waals surface area contributed by atoms with Gasteiger partial charge in [0.2, 0.25) is 0 Å². The number of nitrogens with one attached hydrogen (secondary N) is 1. The molecule has 0 saturated heterocycles. The van der Waals surface area contributed by atoms with Gasteiger partial charge in [-0.3, -0.25) is 4.79 Å². The average molecular weight is 368 g/mol. The summed E-state index contributed by atoms with van der Waals surface area (Å²) < 4.78 is 1.04. The minimum atomic E-state index is -0.0432. The zero-order valence-electron chi connectivity index (χ0n) is 11.9. The SMILES string of the molecule is CN(C)C(=O)c1ccc(Cl)c(NCc2ccc(Br)cc2)c1. The molecule has 3 nitrogen and oxygen atoms in total. The van der Waals surface area contributed by atoms with E-state index in [4.69, 9.17) is 11.6 Å². The molecule has 5 heteroatoms. The maximum Gasteiger partial charge on any atom is 0.253 e. The fraction of sp³-hybridized carbons (Fsp3) is 0.188. The van der Waals surface area contributed by atoms with Gasteiger partial charge < -0.3 is 10.2 Å². The normalized spacial score (nSPS) is 10.3. The molecule has 0 aromatic heterocycles. The van der Waals surface area contributed by atoms with Gasteiger partial charge >= 0.3 is 0 Å². The van der Waals surface area contributed by atoms with Gasteiger partial charge in [0.1, 0.15) is 0 Å². The quantitative estimate of drug-likeness (QED) is 0.868. The summed E-state index contributed by atoms with van der Waals surface area (Å²) in [4.78, 5) is 13.5. The fourth-order valence-corrected chi connectivity index (χ4v) is 2.30. The molecule has 1 amide bonds. The van der Waals surface area contributed by atoms with Crippen molar-refractivity contribution in [3.8, 4) is 0 Å². The second-order valence-corrected chi connectivity index (χ2v) is 6.20. The van der Waals surface area contributed by atoms with Crippen LogP contribution in [0, 0.1) is 0 Å². The zero-order valence-corrected chi connectivity index (χ0v) is 14.2. The van der Waals surface area contributed by atoms with Crippen LogP contribution in [0.3, 0.4) is 0 Å². The first-order chi connectivity index (χ1) is 9.97. The molecule has 21 heavy (non-hydrogen) atoms. The summed E-state index contributed by atoms with van der Waals surface area (Å²) in [5.74, 6) is -0.0432. The van der Waals surface area contributed by atoms with Crippen molar-refractivity contribution in [2.24, 2.45) is 0 Å². The average Bonchev–Trinajstić information content (AvgIpc) is 2.47. The molecule has 0 heterocycles. The highest BCUT2D eigenvalue weighted by atomic mass is 79.9. The lowest BCUT2D eigenvalue weighted by atomic mass is 10.1. The maximum absolute atomic E-state index is 12.0. The maximum atomic E-state index is 12.0. The van der Waals surface area contributed by atoms with E-state index in [-0.39, 0.29) is 5.91 Å². The van der Waals surface area contributed by atoms with E-state index in [1.165, 1.54) is 0 Å². The monoisotopic (exact) mass is 366 g/mol. The summed E-state index contributed by atoms with van der Waals surface area (Å²) in [6.45, 7) is 0.645. The van der Waals surface area contributed by atoms with Crippen molar-refractivity contribution in [3.63, 3.8) is 0 Å². The Kier molecular flexibility index (Phi) is 5.26. The second kappa shape index (κ2) is 6.96. The van der Waals surface area contributed by atoms with Crippen molar-refractivity contribution >= 4 is 39.1 Å². The summed E-state index contributed by atoms with van der Waals surface area (Å²) >= 11 is 9.59. The molecule has 2 aromatic carbocycles. The number of carbonyl (C=O) groups excluding carboxylic acids is 1. The van der Waals surface area contributed by atoms with Gasteiger partial charge in [0.25, 0.3) is 5.91 Å². The molecule has 0 unspecified atom stereocenters. The summed E-state index contributed by atoms with van der Waals surface area (Å²) in [6.07, 6.45) is 0. The molecule has 2 rings (SSSR count). The van der Waals surface area contributed by atoms with Gasteiger partial charge in [-0.05, 0) is 35.9 Å². The van der Waals surface area contributed by atoms with Gasteiger partial charge in [0, 0.05) is 30.7 Å². The zero-order chi connectivity index (χ0) is 15.4. The number of carbonyl (C=O) groups is 1. The van der Waals surface area contributed by atoms with Crippen LogP contribution in [-0.4, -0.2) is 24.9 Å². The van der Waals surface area contributed by atoms with Crippen molar-refractivity contribution < 1.29 is 4.79 Å². The van der Waals surface area contributed by atoms with E-state index >= 15 is 0 Å². The molecule has 2 aromatic rings. The fourth-order valence-electron chi connectivity index (χ4n) is 1.85. The van der Waals surface area contributed by atoms with Crippen LogP contribution in [0.1, 0.15) is 15.9 Å². The molecule has 1 N–H and O–H groups in total. The Hall–Kier alpha value is -1.52. The molecule has 0 aliphatic rings. The molecule has 0 aliphatic carbocycles. The predicted octanol–water partition coefficient (Wildman–Crippen LogP) is 4.42. The van der Waals surface area contributed by atoms with E-state index in [0.29, 0.717) is 17.1 Å². The lowest BCUT2D eigenvalue weighted by Gasteiger charge is -2.13. The highest BCUT2D eigenvalue weighted by molar-refractivity contribution is 9.10. The van der Waals surface area contributed by atoms with E-state index in [9.17, 15) is 4.79 Å². The lowest BCUT2D eigenvalue weighted by Crippen LogP contribution is -2.21. The first-order valence-electron chi connectivity index (χ1n) is 6.47. The predicted molar refractivity (Wildman–Crippen MR) is 90.9 cm³/mol. The van der Waals surface area contributed by atoms with Crippen molar-refractivity contribution in [1.29, 1.82) is 0 Å². The van der Waals surface area contributed by atoms with Crippen LogP contribution >= 0.6 is 27.5 Å². The smallest absolute Gasteiger partial charge is 0.253 e. The Morgan fingerprint density at radius 2 is 1.86 bits per heavy atom. The first-order valence-corrected chi connectivity index (χ1v) is 7.64. The molecule has 0 radical (unpaired) electrons. The van der Waals surface area contributed by atoms with Crippen LogP contribution in [0.2, 0.25) is 5.02 Å². The number of rotatable bonds is 4. The number of anilines is 1.